The summed E-state index contributed by atoms with van der Waals surface area (Å²) < 4.78 is 16.8. The Hall–Kier alpha value is -2.86. The van der Waals surface area contributed by atoms with E-state index in [1.54, 1.807) is 12.5 Å². The van der Waals surface area contributed by atoms with Crippen LogP contribution in [0, 0.1) is 13.8 Å². The normalized spacial score (nSPS) is 17.1. The predicted octanol–water partition coefficient (Wildman–Crippen LogP) is 4.20. The van der Waals surface area contributed by atoms with Crippen LogP contribution in [0.15, 0.2) is 41.1 Å². The molecule has 3 heterocycles. The van der Waals surface area contributed by atoms with E-state index >= 15 is 0 Å². The van der Waals surface area contributed by atoms with Gasteiger partial charge in [0.15, 0.2) is 0 Å². The molecule has 1 fully saturated rings. The number of ether oxygens (including phenoxy) is 2. The highest BCUT2D eigenvalue weighted by Gasteiger charge is 2.29. The summed E-state index contributed by atoms with van der Waals surface area (Å²) in [6.07, 6.45) is 3.10. The van der Waals surface area contributed by atoms with Gasteiger partial charge in [-0.15, -0.1) is 0 Å². The van der Waals surface area contributed by atoms with Crippen LogP contribution in [-0.2, 0) is 9.47 Å². The van der Waals surface area contributed by atoms with Crippen molar-refractivity contribution in [1.82, 2.24) is 4.98 Å². The van der Waals surface area contributed by atoms with E-state index in [0.717, 1.165) is 33.5 Å². The van der Waals surface area contributed by atoms with E-state index in [1.165, 1.54) is 0 Å². The first-order chi connectivity index (χ1) is 13.6. The van der Waals surface area contributed by atoms with Crippen molar-refractivity contribution in [3.05, 3.63) is 59.2 Å². The van der Waals surface area contributed by atoms with Gasteiger partial charge in [0.05, 0.1) is 37.2 Å². The second-order valence-electron chi connectivity index (χ2n) is 7.04. The molecule has 0 N–H and O–H groups in total. The van der Waals surface area contributed by atoms with Crippen molar-refractivity contribution in [3.8, 4) is 0 Å². The molecule has 4 rings (SSSR count). The van der Waals surface area contributed by atoms with Gasteiger partial charge >= 0.3 is 5.97 Å². The van der Waals surface area contributed by atoms with Crippen LogP contribution in [0.2, 0.25) is 0 Å². The van der Waals surface area contributed by atoms with Crippen molar-refractivity contribution in [3.63, 3.8) is 0 Å². The number of morpholine rings is 1. The van der Waals surface area contributed by atoms with Gasteiger partial charge in [-0.1, -0.05) is 11.6 Å². The highest BCUT2D eigenvalue weighted by atomic mass is 16.5. The van der Waals surface area contributed by atoms with Gasteiger partial charge in [0.25, 0.3) is 0 Å². The number of aryl methyl sites for hydroxylation is 2. The Morgan fingerprint density at radius 3 is 2.96 bits per heavy atom. The Bertz CT molecular complexity index is 997. The molecule has 0 spiro atoms. The third-order valence-corrected chi connectivity index (χ3v) is 5.02. The summed E-state index contributed by atoms with van der Waals surface area (Å²) in [6.45, 7) is 8.03. The zero-order valence-corrected chi connectivity index (χ0v) is 16.4. The van der Waals surface area contributed by atoms with Gasteiger partial charge in [-0.25, -0.2) is 4.79 Å². The molecule has 1 aliphatic rings. The largest absolute Gasteiger partial charge is 0.467 e. The molecule has 0 amide bonds. The molecule has 1 aliphatic heterocycles. The lowest BCUT2D eigenvalue weighted by molar-refractivity contribution is 0.0256. The zero-order valence-electron chi connectivity index (χ0n) is 16.4. The van der Waals surface area contributed by atoms with Gasteiger partial charge in [-0.05, 0) is 44.5 Å². The molecule has 0 radical (unpaired) electrons. The predicted molar refractivity (Wildman–Crippen MR) is 107 cm³/mol. The van der Waals surface area contributed by atoms with Crippen LogP contribution >= 0.6 is 0 Å². The molecule has 6 nitrogen and oxygen atoms in total. The minimum Gasteiger partial charge on any atom is -0.467 e. The van der Waals surface area contributed by atoms with E-state index in [4.69, 9.17) is 13.9 Å². The molecular formula is C22H24N2O4. The van der Waals surface area contributed by atoms with Crippen LogP contribution < -0.4 is 4.90 Å². The number of pyridine rings is 1. The number of aromatic nitrogens is 1. The number of nitrogens with zero attached hydrogens (tertiary/aromatic N) is 2. The Kier molecular flexibility index (Phi) is 5.05. The summed E-state index contributed by atoms with van der Waals surface area (Å²) in [5.41, 5.74) is 4.46. The van der Waals surface area contributed by atoms with Crippen molar-refractivity contribution in [1.29, 1.82) is 0 Å². The molecule has 1 saturated heterocycles. The second-order valence-corrected chi connectivity index (χ2v) is 7.04. The third-order valence-electron chi connectivity index (χ3n) is 5.02. The zero-order chi connectivity index (χ0) is 19.7. The minimum absolute atomic E-state index is 0.187. The fourth-order valence-electron chi connectivity index (χ4n) is 3.85. The topological polar surface area (TPSA) is 64.8 Å². The maximum absolute atomic E-state index is 12.7. The smallest absolute Gasteiger partial charge is 0.341 e. The van der Waals surface area contributed by atoms with Gasteiger partial charge in [0.1, 0.15) is 17.4 Å². The third kappa shape index (κ3) is 3.36. The quantitative estimate of drug-likeness (QED) is 0.632. The lowest BCUT2D eigenvalue weighted by Crippen LogP contribution is -2.39. The first kappa shape index (κ1) is 18.5. The maximum Gasteiger partial charge on any atom is 0.341 e. The fraction of sp³-hybridized carbons (Fsp3) is 0.364. The molecule has 0 saturated carbocycles. The molecule has 28 heavy (non-hydrogen) atoms. The Morgan fingerprint density at radius 1 is 1.36 bits per heavy atom. The van der Waals surface area contributed by atoms with Crippen LogP contribution in [0.5, 0.6) is 0 Å². The first-order valence-corrected chi connectivity index (χ1v) is 9.55. The number of hydrogen-bond donors (Lipinski definition) is 0. The van der Waals surface area contributed by atoms with E-state index in [0.29, 0.717) is 31.9 Å². The van der Waals surface area contributed by atoms with Gasteiger partial charge in [-0.2, -0.15) is 0 Å². The Labute approximate surface area is 164 Å². The van der Waals surface area contributed by atoms with Gasteiger partial charge in [0.2, 0.25) is 0 Å². The lowest BCUT2D eigenvalue weighted by atomic mass is 10.0. The molecule has 1 aromatic carbocycles. The lowest BCUT2D eigenvalue weighted by Gasteiger charge is -2.35. The van der Waals surface area contributed by atoms with Crippen LogP contribution in [0.1, 0.15) is 40.3 Å². The highest BCUT2D eigenvalue weighted by Crippen LogP contribution is 2.35. The van der Waals surface area contributed by atoms with Crippen LogP contribution in [0.25, 0.3) is 10.9 Å². The van der Waals surface area contributed by atoms with Gasteiger partial charge < -0.3 is 18.8 Å². The number of carbonyl (C=O) groups is 1. The van der Waals surface area contributed by atoms with Gasteiger partial charge in [0, 0.05) is 18.1 Å². The number of rotatable bonds is 4. The van der Waals surface area contributed by atoms with E-state index in [1.807, 2.05) is 26.0 Å². The van der Waals surface area contributed by atoms with Crippen LogP contribution in [-0.4, -0.2) is 37.3 Å². The summed E-state index contributed by atoms with van der Waals surface area (Å²) in [6, 6.07) is 7.97. The number of hydrogen-bond acceptors (Lipinski definition) is 6. The summed E-state index contributed by atoms with van der Waals surface area (Å²) in [5.74, 6) is 0.431. The van der Waals surface area contributed by atoms with E-state index in [-0.39, 0.29) is 12.1 Å². The number of carbonyl (C=O) groups excluding carboxylic acids is 1. The number of furan rings is 1. The van der Waals surface area contributed by atoms with Crippen LogP contribution in [0.3, 0.4) is 0 Å². The number of anilines is 1. The van der Waals surface area contributed by atoms with E-state index < -0.39 is 0 Å². The number of fused-ring (bicyclic) bond motifs is 1. The molecular weight excluding hydrogens is 356 g/mol. The van der Waals surface area contributed by atoms with Crippen molar-refractivity contribution in [2.45, 2.75) is 26.9 Å². The van der Waals surface area contributed by atoms with E-state index in [2.05, 4.69) is 28.9 Å². The maximum atomic E-state index is 12.7. The molecule has 0 aliphatic carbocycles. The van der Waals surface area contributed by atoms with E-state index in [9.17, 15) is 4.79 Å². The van der Waals surface area contributed by atoms with Crippen molar-refractivity contribution in [2.75, 3.05) is 31.2 Å². The second kappa shape index (κ2) is 7.64. The number of esters is 1. The monoisotopic (exact) mass is 380 g/mol. The SMILES string of the molecule is CCOC(=O)c1cnc2c(C)cc(C)cc2c1N1CCOC(c2ccco2)C1. The Morgan fingerprint density at radius 2 is 2.21 bits per heavy atom. The summed E-state index contributed by atoms with van der Waals surface area (Å²) in [4.78, 5) is 19.5. The summed E-state index contributed by atoms with van der Waals surface area (Å²) >= 11 is 0. The van der Waals surface area contributed by atoms with Crippen molar-refractivity contribution < 1.29 is 18.7 Å². The average molecular weight is 380 g/mol. The number of benzene rings is 1. The minimum atomic E-state index is -0.355. The average Bonchev–Trinajstić information content (AvgIpc) is 3.22. The molecule has 146 valence electrons. The first-order valence-electron chi connectivity index (χ1n) is 9.55. The fourth-order valence-corrected chi connectivity index (χ4v) is 3.85. The Balaban J connectivity index is 1.85. The molecule has 6 heteroatoms. The molecule has 0 bridgehead atoms. The van der Waals surface area contributed by atoms with Gasteiger partial charge in [-0.3, -0.25) is 4.98 Å². The summed E-state index contributed by atoms with van der Waals surface area (Å²) in [5, 5.41) is 0.961. The van der Waals surface area contributed by atoms with Crippen molar-refractivity contribution >= 4 is 22.6 Å². The molecule has 3 aromatic rings. The molecule has 2 aromatic heterocycles. The highest BCUT2D eigenvalue weighted by molar-refractivity contribution is 6.06. The van der Waals surface area contributed by atoms with Crippen molar-refractivity contribution in [2.24, 2.45) is 0 Å². The van der Waals surface area contributed by atoms with Crippen LogP contribution in [0.4, 0.5) is 5.69 Å². The summed E-state index contributed by atoms with van der Waals surface area (Å²) in [7, 11) is 0. The molecule has 1 atom stereocenters. The standard InChI is InChI=1S/C22H24N2O4/c1-4-26-22(25)17-12-23-20-15(3)10-14(2)11-16(20)21(17)24-7-9-28-19(13-24)18-6-5-8-27-18/h5-6,8,10-12,19H,4,7,9,13H2,1-3H3. The molecule has 1 unspecified atom stereocenters.